The topological polar surface area (TPSA) is 113 Å². The zero-order chi connectivity index (χ0) is 35.0. The van der Waals surface area contributed by atoms with E-state index in [0.717, 1.165) is 16.0 Å². The molecule has 2 aliphatic heterocycles. The smallest absolute Gasteiger partial charge is 0.253 e. The van der Waals surface area contributed by atoms with Gasteiger partial charge in [0.1, 0.15) is 17.2 Å². The number of allylic oxidation sites excluding steroid dienone is 2. The molecule has 1 N–H and O–H groups in total. The van der Waals surface area contributed by atoms with E-state index in [1.54, 1.807) is 32.4 Å². The number of rotatable bonds is 6. The molecule has 1 saturated carbocycles. The monoisotopic (exact) mass is 720 g/mol. The van der Waals surface area contributed by atoms with Crippen molar-refractivity contribution in [2.24, 2.45) is 17.8 Å². The average Bonchev–Trinajstić information content (AvgIpc) is 3.42. The number of hydrogen-bond donors (Lipinski definition) is 1. The van der Waals surface area contributed by atoms with E-state index in [-0.39, 0.29) is 29.5 Å². The number of carbonyl (C=O) groups is 4. The third-order valence-corrected chi connectivity index (χ3v) is 12.1. The number of amides is 4. The number of phenols is 1. The van der Waals surface area contributed by atoms with Crippen LogP contribution >= 0.6 is 34.8 Å². The number of fused-ring (bicyclic) bond motifs is 4. The molecule has 2 aliphatic carbocycles. The van der Waals surface area contributed by atoms with Crippen LogP contribution in [0.1, 0.15) is 35.4 Å². The lowest BCUT2D eigenvalue weighted by Gasteiger charge is -2.51. The van der Waals surface area contributed by atoms with Crippen molar-refractivity contribution in [2.45, 2.75) is 28.5 Å². The molecule has 0 bridgehead atoms. The van der Waals surface area contributed by atoms with Gasteiger partial charge in [-0.05, 0) is 72.4 Å². The lowest BCUT2D eigenvalue weighted by Crippen LogP contribution is -2.60. The van der Waals surface area contributed by atoms with Crippen molar-refractivity contribution in [3.63, 3.8) is 0 Å². The second-order valence-electron chi connectivity index (χ2n) is 12.7. The van der Waals surface area contributed by atoms with Gasteiger partial charge in [0.15, 0.2) is 9.75 Å². The van der Waals surface area contributed by atoms with Gasteiger partial charge >= 0.3 is 0 Å². The van der Waals surface area contributed by atoms with Crippen molar-refractivity contribution in [3.8, 4) is 17.2 Å². The maximum absolute atomic E-state index is 14.3. The van der Waals surface area contributed by atoms with E-state index in [9.17, 15) is 24.3 Å². The third kappa shape index (κ3) is 4.81. The molecule has 6 unspecified atom stereocenters. The fourth-order valence-corrected chi connectivity index (χ4v) is 9.28. The van der Waals surface area contributed by atoms with Crippen molar-refractivity contribution in [3.05, 3.63) is 94.0 Å². The maximum Gasteiger partial charge on any atom is 0.253 e. The summed E-state index contributed by atoms with van der Waals surface area (Å²) in [7, 11) is 4.50. The summed E-state index contributed by atoms with van der Waals surface area (Å²) in [5.41, 5.74) is 3.05. The number of imide groups is 2. The number of phenolic OH excluding ortho intramolecular Hbond substituents is 1. The molecule has 49 heavy (non-hydrogen) atoms. The normalized spacial score (nSPS) is 29.2. The molecule has 4 amide bonds. The number of benzene rings is 3. The Kier molecular flexibility index (Phi) is 8.08. The number of halogens is 3. The van der Waals surface area contributed by atoms with E-state index in [4.69, 9.17) is 44.3 Å². The molecule has 0 radical (unpaired) electrons. The molecule has 12 heteroatoms. The Labute approximate surface area is 297 Å². The first-order valence-corrected chi connectivity index (χ1v) is 16.8. The summed E-state index contributed by atoms with van der Waals surface area (Å²) in [5.74, 6) is -4.13. The van der Waals surface area contributed by atoms with Gasteiger partial charge in [-0.1, -0.05) is 53.6 Å². The van der Waals surface area contributed by atoms with E-state index in [2.05, 4.69) is 0 Å². The van der Waals surface area contributed by atoms with Gasteiger partial charge in [-0.15, -0.1) is 23.2 Å². The van der Waals surface area contributed by atoms with E-state index in [1.165, 1.54) is 24.1 Å². The standard InChI is InChI=1S/C37H31Cl3N2O7/c1-41-34(46)36(39)18-27-24(31(37(36,40)35(41)47)25-12-10-22(43)17-28(25)38)13-14-26-30(27)33(45)42(32(26)44)21-8-5-19(6-9-21)4-7-20-16-23(48-2)11-15-29(20)49-3/h4-13,15-17,26-27,30-31,43H,14,18H2,1-3H3. The first-order valence-electron chi connectivity index (χ1n) is 15.6. The van der Waals surface area contributed by atoms with Crippen LogP contribution in [0.5, 0.6) is 17.2 Å². The lowest BCUT2D eigenvalue weighted by molar-refractivity contribution is -0.138. The minimum absolute atomic E-state index is 0.0979. The van der Waals surface area contributed by atoms with Crippen molar-refractivity contribution in [2.75, 3.05) is 26.2 Å². The number of nitrogens with zero attached hydrogens (tertiary/aromatic N) is 2. The highest BCUT2D eigenvalue weighted by Crippen LogP contribution is 2.66. The van der Waals surface area contributed by atoms with E-state index >= 15 is 0 Å². The highest BCUT2D eigenvalue weighted by molar-refractivity contribution is 6.54. The minimum Gasteiger partial charge on any atom is -0.508 e. The van der Waals surface area contributed by atoms with E-state index in [0.29, 0.717) is 28.3 Å². The second-order valence-corrected chi connectivity index (χ2v) is 14.4. The number of hydrogen-bond acceptors (Lipinski definition) is 7. The molecular weight excluding hydrogens is 691 g/mol. The molecule has 3 fully saturated rings. The van der Waals surface area contributed by atoms with Crippen LogP contribution in [0.2, 0.25) is 5.02 Å². The highest BCUT2D eigenvalue weighted by Gasteiger charge is 2.76. The maximum atomic E-state index is 14.3. The molecule has 3 aromatic carbocycles. The Balaban J connectivity index is 1.23. The van der Waals surface area contributed by atoms with Crippen LogP contribution in [0.25, 0.3) is 12.2 Å². The Morgan fingerprint density at radius 2 is 1.61 bits per heavy atom. The van der Waals surface area contributed by atoms with Gasteiger partial charge in [0.05, 0.1) is 31.7 Å². The van der Waals surface area contributed by atoms with Crippen LogP contribution in [0.4, 0.5) is 5.69 Å². The molecule has 9 nitrogen and oxygen atoms in total. The molecule has 7 rings (SSSR count). The summed E-state index contributed by atoms with van der Waals surface area (Å²) >= 11 is 21.0. The number of aromatic hydroxyl groups is 1. The van der Waals surface area contributed by atoms with E-state index in [1.807, 2.05) is 48.6 Å². The van der Waals surface area contributed by atoms with E-state index < -0.39 is 51.1 Å². The first-order chi connectivity index (χ1) is 23.3. The van der Waals surface area contributed by atoms with Gasteiger partial charge in [-0.3, -0.25) is 29.0 Å². The molecule has 2 saturated heterocycles. The van der Waals surface area contributed by atoms with Crippen molar-refractivity contribution < 1.29 is 33.8 Å². The Bertz CT molecular complexity index is 2000. The van der Waals surface area contributed by atoms with Crippen LogP contribution in [0.15, 0.2) is 72.3 Å². The number of methoxy groups -OCH3 is 2. The molecule has 252 valence electrons. The van der Waals surface area contributed by atoms with Gasteiger partial charge in [-0.25, -0.2) is 0 Å². The zero-order valence-electron chi connectivity index (χ0n) is 26.7. The average molecular weight is 722 g/mol. The highest BCUT2D eigenvalue weighted by atomic mass is 35.5. The van der Waals surface area contributed by atoms with Crippen molar-refractivity contribution in [1.29, 1.82) is 0 Å². The van der Waals surface area contributed by atoms with Crippen LogP contribution in [0, 0.1) is 17.8 Å². The Morgan fingerprint density at radius 3 is 2.29 bits per heavy atom. The minimum atomic E-state index is -1.96. The van der Waals surface area contributed by atoms with Gasteiger partial charge in [0.2, 0.25) is 11.8 Å². The fourth-order valence-electron chi connectivity index (χ4n) is 7.98. The second kappa shape index (κ2) is 11.9. The largest absolute Gasteiger partial charge is 0.508 e. The number of likely N-dealkylation sites (tertiary alicyclic amines) is 1. The first kappa shape index (κ1) is 33.2. The van der Waals surface area contributed by atoms with Crippen LogP contribution in [0.3, 0.4) is 0 Å². The van der Waals surface area contributed by atoms with Crippen molar-refractivity contribution in [1.82, 2.24) is 4.90 Å². The molecule has 4 aliphatic rings. The van der Waals surface area contributed by atoms with Crippen LogP contribution < -0.4 is 14.4 Å². The summed E-state index contributed by atoms with van der Waals surface area (Å²) in [4.78, 5) is 53.9. The number of carbonyl (C=O) groups excluding carboxylic acids is 4. The predicted molar refractivity (Wildman–Crippen MR) is 186 cm³/mol. The Morgan fingerprint density at radius 1 is 0.878 bits per heavy atom. The Hall–Kier alpha value is -4.31. The summed E-state index contributed by atoms with van der Waals surface area (Å²) in [6.07, 6.45) is 5.70. The van der Waals surface area contributed by atoms with Crippen molar-refractivity contribution >= 4 is 76.3 Å². The van der Waals surface area contributed by atoms with Gasteiger partial charge in [0, 0.05) is 23.6 Å². The summed E-state index contributed by atoms with van der Waals surface area (Å²) in [6, 6.07) is 16.8. The van der Waals surface area contributed by atoms with Gasteiger partial charge in [0.25, 0.3) is 11.8 Å². The molecular formula is C37H31Cl3N2O7. The molecule has 3 aromatic rings. The summed E-state index contributed by atoms with van der Waals surface area (Å²) in [6.45, 7) is 0. The number of ether oxygens (including phenoxy) is 2. The summed E-state index contributed by atoms with van der Waals surface area (Å²) in [5, 5.41) is 10.2. The zero-order valence-corrected chi connectivity index (χ0v) is 28.9. The summed E-state index contributed by atoms with van der Waals surface area (Å²) < 4.78 is 10.8. The predicted octanol–water partition coefficient (Wildman–Crippen LogP) is 6.43. The molecule has 6 atom stereocenters. The number of anilines is 1. The fraction of sp³-hybridized carbons (Fsp3) is 0.297. The SMILES string of the molecule is COc1ccc(OC)c(C=Cc2ccc(N3C(=O)C4CC=C5C(CC6(Cl)C(=O)N(C)C(=O)C6(Cl)C5c5ccc(O)cc5Cl)C4C3=O)cc2)c1. The number of alkyl halides is 2. The molecule has 2 heterocycles. The van der Waals surface area contributed by atoms with Gasteiger partial charge in [-0.2, -0.15) is 0 Å². The third-order valence-electron chi connectivity index (χ3n) is 10.4. The van der Waals surface area contributed by atoms with Crippen LogP contribution in [-0.2, 0) is 19.2 Å². The van der Waals surface area contributed by atoms with Crippen LogP contribution in [-0.4, -0.2) is 64.7 Å². The van der Waals surface area contributed by atoms with Gasteiger partial charge < -0.3 is 14.6 Å². The quantitative estimate of drug-likeness (QED) is 0.135. The lowest BCUT2D eigenvalue weighted by atomic mass is 9.56. The molecule has 0 aromatic heterocycles. The molecule has 0 spiro atoms.